The van der Waals surface area contributed by atoms with Gasteiger partial charge >= 0.3 is 0 Å². The summed E-state index contributed by atoms with van der Waals surface area (Å²) in [5.74, 6) is -1.32. The van der Waals surface area contributed by atoms with Crippen LogP contribution in [0.25, 0.3) is 0 Å². The number of nitrogens with one attached hydrogen (secondary N) is 1. The van der Waals surface area contributed by atoms with E-state index in [1.807, 2.05) is 0 Å². The molecule has 0 aromatic heterocycles. The summed E-state index contributed by atoms with van der Waals surface area (Å²) in [5, 5.41) is 10.3. The standard InChI is InChI=1S/C8H13N3O4/c1-5(13)8(2,3)15-11-7(6(9)10)14-4-12/h4H,1-3H3,(H3,9,10)/b11-7-. The smallest absolute Gasteiger partial charge is 0.300 e. The molecule has 0 aliphatic heterocycles. The third-order valence-corrected chi connectivity index (χ3v) is 1.59. The fraction of sp³-hybridized carbons (Fsp3) is 0.500. The molecule has 0 heterocycles. The van der Waals surface area contributed by atoms with E-state index in [1.165, 1.54) is 20.8 Å². The number of carbonyl (C=O) groups excluding carboxylic acids is 2. The third-order valence-electron chi connectivity index (χ3n) is 1.59. The number of rotatable bonds is 4. The molecule has 0 fully saturated rings. The Balaban J connectivity index is 4.66. The maximum Gasteiger partial charge on any atom is 0.300 e. The van der Waals surface area contributed by atoms with Crippen molar-refractivity contribution in [2.45, 2.75) is 26.4 Å². The first-order chi connectivity index (χ1) is 6.81. The molecule has 0 aromatic carbocycles. The predicted octanol–water partition coefficient (Wildman–Crippen LogP) is -0.207. The zero-order valence-electron chi connectivity index (χ0n) is 8.73. The molecule has 0 aliphatic rings. The predicted molar refractivity (Wildman–Crippen MR) is 52.3 cm³/mol. The fourth-order valence-corrected chi connectivity index (χ4v) is 0.400. The second-order valence-electron chi connectivity index (χ2n) is 3.18. The Kier molecular flexibility index (Phi) is 4.43. The first-order valence-corrected chi connectivity index (χ1v) is 4.03. The lowest BCUT2D eigenvalue weighted by Gasteiger charge is -2.18. The molecule has 7 heteroatoms. The summed E-state index contributed by atoms with van der Waals surface area (Å²) in [4.78, 5) is 25.8. The summed E-state index contributed by atoms with van der Waals surface area (Å²) in [6.07, 6.45) is 0. The Morgan fingerprint density at radius 3 is 2.40 bits per heavy atom. The molecule has 84 valence electrons. The topological polar surface area (TPSA) is 115 Å². The lowest BCUT2D eigenvalue weighted by molar-refractivity contribution is -0.138. The number of ketones is 1. The van der Waals surface area contributed by atoms with Gasteiger partial charge < -0.3 is 15.3 Å². The Morgan fingerprint density at radius 1 is 1.53 bits per heavy atom. The van der Waals surface area contributed by atoms with Gasteiger partial charge in [0.25, 0.3) is 12.4 Å². The van der Waals surface area contributed by atoms with Crippen LogP contribution in [-0.4, -0.2) is 29.6 Å². The molecule has 0 rings (SSSR count). The summed E-state index contributed by atoms with van der Waals surface area (Å²) in [7, 11) is 0. The number of Topliss-reactive ketones (excluding diaryl/α,β-unsaturated/α-hetero) is 1. The second-order valence-corrected chi connectivity index (χ2v) is 3.18. The number of carbonyl (C=O) groups is 2. The number of nitrogens with two attached hydrogens (primary N) is 1. The number of hydrogen-bond donors (Lipinski definition) is 2. The van der Waals surface area contributed by atoms with Gasteiger partial charge in [0.15, 0.2) is 17.2 Å². The fourth-order valence-electron chi connectivity index (χ4n) is 0.400. The van der Waals surface area contributed by atoms with E-state index in [0.717, 1.165) is 0 Å². The van der Waals surface area contributed by atoms with E-state index < -0.39 is 17.3 Å². The van der Waals surface area contributed by atoms with Gasteiger partial charge in [-0.05, 0) is 25.9 Å². The maximum atomic E-state index is 11.0. The average molecular weight is 215 g/mol. The van der Waals surface area contributed by atoms with Crippen LogP contribution in [0.1, 0.15) is 20.8 Å². The first kappa shape index (κ1) is 13.1. The highest BCUT2D eigenvalue weighted by Crippen LogP contribution is 2.10. The minimum absolute atomic E-state index is 0.0599. The number of nitrogens with zero attached hydrogens (tertiary/aromatic N) is 1. The van der Waals surface area contributed by atoms with Gasteiger partial charge in [-0.1, -0.05) is 0 Å². The quantitative estimate of drug-likeness (QED) is 0.291. The Labute approximate surface area is 86.7 Å². The van der Waals surface area contributed by atoms with Gasteiger partial charge in [0.05, 0.1) is 0 Å². The van der Waals surface area contributed by atoms with E-state index in [0.29, 0.717) is 0 Å². The molecule has 0 aliphatic carbocycles. The molecule has 0 radical (unpaired) electrons. The van der Waals surface area contributed by atoms with Gasteiger partial charge in [-0.25, -0.2) is 0 Å². The van der Waals surface area contributed by atoms with Crippen LogP contribution in [0.5, 0.6) is 0 Å². The van der Waals surface area contributed by atoms with E-state index in [4.69, 9.17) is 16.0 Å². The average Bonchev–Trinajstić information content (AvgIpc) is 2.11. The molecular weight excluding hydrogens is 202 g/mol. The SMILES string of the molecule is CC(=O)C(C)(C)O/N=C(\OC=O)C(=N)N. The van der Waals surface area contributed by atoms with Crippen molar-refractivity contribution in [3.63, 3.8) is 0 Å². The molecule has 0 amide bonds. The lowest BCUT2D eigenvalue weighted by Crippen LogP contribution is -2.33. The van der Waals surface area contributed by atoms with Crippen molar-refractivity contribution in [2.24, 2.45) is 10.9 Å². The molecule has 0 saturated heterocycles. The molecule has 7 nitrogen and oxygen atoms in total. The van der Waals surface area contributed by atoms with Crippen LogP contribution < -0.4 is 5.73 Å². The first-order valence-electron chi connectivity index (χ1n) is 4.03. The molecule has 0 spiro atoms. The zero-order chi connectivity index (χ0) is 12.1. The maximum absolute atomic E-state index is 11.0. The van der Waals surface area contributed by atoms with Gasteiger partial charge in [0.2, 0.25) is 0 Å². The highest BCUT2D eigenvalue weighted by Gasteiger charge is 2.26. The molecule has 0 saturated carbocycles. The summed E-state index contributed by atoms with van der Waals surface area (Å²) >= 11 is 0. The molecule has 0 atom stereocenters. The van der Waals surface area contributed by atoms with Gasteiger partial charge in [0, 0.05) is 0 Å². The minimum Gasteiger partial charge on any atom is -0.403 e. The van der Waals surface area contributed by atoms with Gasteiger partial charge in [-0.15, -0.1) is 0 Å². The Hall–Kier alpha value is -1.92. The number of hydrogen-bond acceptors (Lipinski definition) is 6. The van der Waals surface area contributed by atoms with Crippen molar-refractivity contribution in [3.8, 4) is 0 Å². The molecule has 0 bridgehead atoms. The van der Waals surface area contributed by atoms with Gasteiger partial charge in [-0.2, -0.15) is 0 Å². The van der Waals surface area contributed by atoms with Crippen molar-refractivity contribution < 1.29 is 19.2 Å². The van der Waals surface area contributed by atoms with Crippen molar-refractivity contribution >= 4 is 24.0 Å². The summed E-state index contributed by atoms with van der Waals surface area (Å²) in [6.45, 7) is 4.35. The Morgan fingerprint density at radius 2 is 2.07 bits per heavy atom. The van der Waals surface area contributed by atoms with Crippen molar-refractivity contribution in [1.29, 1.82) is 5.41 Å². The minimum atomic E-state index is -1.16. The van der Waals surface area contributed by atoms with Crippen molar-refractivity contribution in [2.75, 3.05) is 0 Å². The summed E-state index contributed by atoms with van der Waals surface area (Å²) < 4.78 is 4.26. The molecule has 0 unspecified atom stereocenters. The van der Waals surface area contributed by atoms with Crippen LogP contribution in [0.2, 0.25) is 0 Å². The molecule has 15 heavy (non-hydrogen) atoms. The third kappa shape index (κ3) is 4.21. The largest absolute Gasteiger partial charge is 0.403 e. The highest BCUT2D eigenvalue weighted by atomic mass is 16.7. The monoisotopic (exact) mass is 215 g/mol. The summed E-state index contributed by atoms with van der Waals surface area (Å²) in [6, 6.07) is 0. The second kappa shape index (κ2) is 5.08. The van der Waals surface area contributed by atoms with E-state index in [1.54, 1.807) is 0 Å². The van der Waals surface area contributed by atoms with E-state index in [9.17, 15) is 9.59 Å². The number of amidine groups is 1. The van der Waals surface area contributed by atoms with Crippen LogP contribution in [0.15, 0.2) is 5.16 Å². The summed E-state index contributed by atoms with van der Waals surface area (Å²) in [5.41, 5.74) is 3.87. The lowest BCUT2D eigenvalue weighted by atomic mass is 10.1. The zero-order valence-corrected chi connectivity index (χ0v) is 8.73. The number of ether oxygens (including phenoxy) is 1. The number of oxime groups is 1. The van der Waals surface area contributed by atoms with Gasteiger partial charge in [0.1, 0.15) is 0 Å². The van der Waals surface area contributed by atoms with Crippen molar-refractivity contribution in [1.82, 2.24) is 0 Å². The van der Waals surface area contributed by atoms with Crippen LogP contribution in [-0.2, 0) is 19.2 Å². The van der Waals surface area contributed by atoms with Gasteiger partial charge in [-0.3, -0.25) is 15.0 Å². The Bertz CT molecular complexity index is 309. The van der Waals surface area contributed by atoms with Crippen LogP contribution in [0.4, 0.5) is 0 Å². The van der Waals surface area contributed by atoms with E-state index in [-0.39, 0.29) is 12.3 Å². The molecule has 3 N–H and O–H groups in total. The van der Waals surface area contributed by atoms with E-state index in [2.05, 4.69) is 9.89 Å². The normalized spacial score (nSPS) is 11.8. The highest BCUT2D eigenvalue weighted by molar-refractivity contribution is 6.36. The van der Waals surface area contributed by atoms with E-state index >= 15 is 0 Å². The van der Waals surface area contributed by atoms with Crippen LogP contribution in [0, 0.1) is 5.41 Å². The van der Waals surface area contributed by atoms with Crippen molar-refractivity contribution in [3.05, 3.63) is 0 Å². The molecular formula is C8H13N3O4. The van der Waals surface area contributed by atoms with Crippen LogP contribution in [0.3, 0.4) is 0 Å². The molecule has 0 aromatic rings. The van der Waals surface area contributed by atoms with Crippen LogP contribution >= 0.6 is 0 Å².